The van der Waals surface area contributed by atoms with Gasteiger partial charge in [0.05, 0.1) is 0 Å². The van der Waals surface area contributed by atoms with E-state index in [1.54, 1.807) is 18.3 Å². The molecule has 1 heterocycles. The van der Waals surface area contributed by atoms with E-state index in [-0.39, 0.29) is 5.91 Å². The molecule has 4 rings (SSSR count). The Kier molecular flexibility index (Phi) is 5.71. The molecule has 0 bridgehead atoms. The van der Waals surface area contributed by atoms with Crippen LogP contribution in [0.2, 0.25) is 0 Å². The van der Waals surface area contributed by atoms with Crippen molar-refractivity contribution in [2.75, 3.05) is 16.0 Å². The highest BCUT2D eigenvalue weighted by molar-refractivity contribution is 6.04. The molecule has 0 fully saturated rings. The molecule has 1 aromatic heterocycles. The maximum absolute atomic E-state index is 12.6. The Morgan fingerprint density at radius 2 is 1.30 bits per heavy atom. The summed E-state index contributed by atoms with van der Waals surface area (Å²) in [6.45, 7) is 1.95. The van der Waals surface area contributed by atoms with Crippen molar-refractivity contribution >= 4 is 34.3 Å². The summed E-state index contributed by atoms with van der Waals surface area (Å²) < 4.78 is 0. The van der Waals surface area contributed by atoms with Gasteiger partial charge in [0, 0.05) is 45.9 Å². The summed E-state index contributed by atoms with van der Waals surface area (Å²) in [5.41, 5.74) is 6.04. The number of carbonyl (C=O) groups is 1. The number of anilines is 5. The molecule has 3 N–H and O–H groups in total. The monoisotopic (exact) mass is 394 g/mol. The van der Waals surface area contributed by atoms with Crippen molar-refractivity contribution in [1.82, 2.24) is 4.98 Å². The van der Waals surface area contributed by atoms with E-state index in [1.807, 2.05) is 85.8 Å². The Hall–Kier alpha value is -4.12. The van der Waals surface area contributed by atoms with Gasteiger partial charge in [0.2, 0.25) is 0 Å². The molecule has 4 aromatic rings. The molecule has 1 amide bonds. The fourth-order valence-electron chi connectivity index (χ4n) is 3.06. The molecule has 0 aliphatic heterocycles. The van der Waals surface area contributed by atoms with Crippen LogP contribution in [0, 0.1) is 6.92 Å². The van der Waals surface area contributed by atoms with Crippen molar-refractivity contribution in [2.24, 2.45) is 0 Å². The normalized spacial score (nSPS) is 10.3. The number of aromatic nitrogens is 1. The molecule has 5 heteroatoms. The lowest BCUT2D eigenvalue weighted by Crippen LogP contribution is -2.11. The van der Waals surface area contributed by atoms with Crippen molar-refractivity contribution in [3.05, 3.63) is 108 Å². The molecule has 0 unspecified atom stereocenters. The summed E-state index contributed by atoms with van der Waals surface area (Å²) in [7, 11) is 0. The standard InChI is InChI=1S/C25H22N4O/c1-18-16-24(14-15-26-18)28-21-12-10-19(11-13-21)25(30)29-23-9-5-8-22(17-23)27-20-6-3-2-4-7-20/h2-17,27H,1H3,(H,26,28)(H,29,30). The van der Waals surface area contributed by atoms with Gasteiger partial charge in [0.1, 0.15) is 0 Å². The van der Waals surface area contributed by atoms with Crippen molar-refractivity contribution in [1.29, 1.82) is 0 Å². The smallest absolute Gasteiger partial charge is 0.255 e. The SMILES string of the molecule is Cc1cc(Nc2ccc(C(=O)Nc3cccc(Nc4ccccc4)c3)cc2)ccn1. The lowest BCUT2D eigenvalue weighted by atomic mass is 10.1. The van der Waals surface area contributed by atoms with Gasteiger partial charge in [0.25, 0.3) is 5.91 Å². The van der Waals surface area contributed by atoms with Gasteiger partial charge >= 0.3 is 0 Å². The van der Waals surface area contributed by atoms with E-state index in [0.717, 1.165) is 34.1 Å². The number of benzene rings is 3. The molecule has 0 radical (unpaired) electrons. The number of nitrogens with zero attached hydrogens (tertiary/aromatic N) is 1. The number of pyridine rings is 1. The Bertz CT molecular complexity index is 1140. The van der Waals surface area contributed by atoms with Crippen LogP contribution in [0.25, 0.3) is 0 Å². The van der Waals surface area contributed by atoms with Gasteiger partial charge in [-0.3, -0.25) is 9.78 Å². The number of amides is 1. The van der Waals surface area contributed by atoms with Crippen LogP contribution in [0.15, 0.2) is 97.2 Å². The molecule has 0 aliphatic rings. The minimum absolute atomic E-state index is 0.154. The van der Waals surface area contributed by atoms with Gasteiger partial charge in [-0.05, 0) is 73.7 Å². The molecule has 0 aliphatic carbocycles. The first-order valence-corrected chi connectivity index (χ1v) is 9.69. The van der Waals surface area contributed by atoms with Crippen molar-refractivity contribution in [2.45, 2.75) is 6.92 Å². The van der Waals surface area contributed by atoms with Crippen LogP contribution in [0.1, 0.15) is 16.1 Å². The lowest BCUT2D eigenvalue weighted by Gasteiger charge is -2.10. The first-order chi connectivity index (χ1) is 14.7. The van der Waals surface area contributed by atoms with E-state index in [4.69, 9.17) is 0 Å². The van der Waals surface area contributed by atoms with Crippen LogP contribution in [0.4, 0.5) is 28.4 Å². The van der Waals surface area contributed by atoms with Crippen molar-refractivity contribution < 1.29 is 4.79 Å². The van der Waals surface area contributed by atoms with Crippen molar-refractivity contribution in [3.63, 3.8) is 0 Å². The van der Waals surface area contributed by atoms with Gasteiger partial charge in [-0.2, -0.15) is 0 Å². The highest BCUT2D eigenvalue weighted by Gasteiger charge is 2.07. The number of rotatable bonds is 6. The number of aryl methyl sites for hydroxylation is 1. The van der Waals surface area contributed by atoms with Crippen LogP contribution >= 0.6 is 0 Å². The van der Waals surface area contributed by atoms with E-state index in [2.05, 4.69) is 20.9 Å². The van der Waals surface area contributed by atoms with Gasteiger partial charge in [-0.25, -0.2) is 0 Å². The molecular weight excluding hydrogens is 372 g/mol. The summed E-state index contributed by atoms with van der Waals surface area (Å²) in [6.07, 6.45) is 1.76. The van der Waals surface area contributed by atoms with Crippen LogP contribution in [0.5, 0.6) is 0 Å². The number of nitrogens with one attached hydrogen (secondary N) is 3. The molecule has 3 aromatic carbocycles. The molecule has 30 heavy (non-hydrogen) atoms. The predicted molar refractivity (Wildman–Crippen MR) is 123 cm³/mol. The minimum atomic E-state index is -0.154. The van der Waals surface area contributed by atoms with Crippen LogP contribution in [-0.4, -0.2) is 10.9 Å². The molecule has 0 spiro atoms. The second-order valence-corrected chi connectivity index (χ2v) is 6.91. The Labute approximate surface area is 175 Å². The third-order valence-corrected chi connectivity index (χ3v) is 4.52. The average molecular weight is 394 g/mol. The molecule has 0 saturated carbocycles. The Morgan fingerprint density at radius 1 is 0.667 bits per heavy atom. The number of hydrogen-bond acceptors (Lipinski definition) is 4. The van der Waals surface area contributed by atoms with Crippen LogP contribution in [0.3, 0.4) is 0 Å². The maximum Gasteiger partial charge on any atom is 0.255 e. The number of carbonyl (C=O) groups excluding carboxylic acids is 1. The maximum atomic E-state index is 12.6. The summed E-state index contributed by atoms with van der Waals surface area (Å²) in [4.78, 5) is 16.8. The van der Waals surface area contributed by atoms with E-state index in [1.165, 1.54) is 0 Å². The number of para-hydroxylation sites is 1. The van der Waals surface area contributed by atoms with Crippen molar-refractivity contribution in [3.8, 4) is 0 Å². The first kappa shape index (κ1) is 19.2. The van der Waals surface area contributed by atoms with Gasteiger partial charge in [-0.15, -0.1) is 0 Å². The Morgan fingerprint density at radius 3 is 2.03 bits per heavy atom. The third-order valence-electron chi connectivity index (χ3n) is 4.52. The minimum Gasteiger partial charge on any atom is -0.355 e. The zero-order valence-electron chi connectivity index (χ0n) is 16.6. The zero-order chi connectivity index (χ0) is 20.8. The zero-order valence-corrected chi connectivity index (χ0v) is 16.6. The predicted octanol–water partition coefficient (Wildman–Crippen LogP) is 6.13. The average Bonchev–Trinajstić information content (AvgIpc) is 2.75. The third kappa shape index (κ3) is 5.02. The first-order valence-electron chi connectivity index (χ1n) is 9.69. The van der Waals surface area contributed by atoms with Gasteiger partial charge in [-0.1, -0.05) is 24.3 Å². The van der Waals surface area contributed by atoms with Crippen LogP contribution < -0.4 is 16.0 Å². The second-order valence-electron chi connectivity index (χ2n) is 6.91. The molecule has 0 saturated heterocycles. The quantitative estimate of drug-likeness (QED) is 0.368. The summed E-state index contributed by atoms with van der Waals surface area (Å²) in [5, 5.41) is 9.59. The van der Waals surface area contributed by atoms with E-state index in [0.29, 0.717) is 5.56 Å². The van der Waals surface area contributed by atoms with E-state index in [9.17, 15) is 4.79 Å². The van der Waals surface area contributed by atoms with E-state index >= 15 is 0 Å². The summed E-state index contributed by atoms with van der Waals surface area (Å²) in [5.74, 6) is -0.154. The van der Waals surface area contributed by atoms with Gasteiger partial charge < -0.3 is 16.0 Å². The molecular formula is C25H22N4O. The lowest BCUT2D eigenvalue weighted by molar-refractivity contribution is 0.102. The molecule has 5 nitrogen and oxygen atoms in total. The highest BCUT2D eigenvalue weighted by Crippen LogP contribution is 2.21. The van der Waals surface area contributed by atoms with Gasteiger partial charge in [0.15, 0.2) is 0 Å². The van der Waals surface area contributed by atoms with E-state index < -0.39 is 0 Å². The summed E-state index contributed by atoms with van der Waals surface area (Å²) >= 11 is 0. The highest BCUT2D eigenvalue weighted by atomic mass is 16.1. The van der Waals surface area contributed by atoms with Crippen LogP contribution in [-0.2, 0) is 0 Å². The number of hydrogen-bond donors (Lipinski definition) is 3. The fraction of sp³-hybridized carbons (Fsp3) is 0.0400. The summed E-state index contributed by atoms with van der Waals surface area (Å²) in [6, 6.07) is 28.8. The largest absolute Gasteiger partial charge is 0.355 e. The second kappa shape index (κ2) is 8.92. The molecule has 148 valence electrons. The fourth-order valence-corrected chi connectivity index (χ4v) is 3.06. The Balaban J connectivity index is 1.40. The molecule has 0 atom stereocenters. The topological polar surface area (TPSA) is 66.1 Å².